The molecule has 2 aliphatic heterocycles. The molecule has 2 aromatic carbocycles. The summed E-state index contributed by atoms with van der Waals surface area (Å²) in [7, 11) is 3.26. The maximum Gasteiger partial charge on any atom is 0.230 e. The second-order valence-electron chi connectivity index (χ2n) is 7.22. The second-order valence-corrected chi connectivity index (χ2v) is 7.22. The molecule has 0 aliphatic carbocycles. The predicted molar refractivity (Wildman–Crippen MR) is 106 cm³/mol. The van der Waals surface area contributed by atoms with Crippen molar-refractivity contribution < 1.29 is 19.1 Å². The van der Waals surface area contributed by atoms with E-state index < -0.39 is 5.92 Å². The van der Waals surface area contributed by atoms with E-state index in [1.165, 1.54) is 11.1 Å². The smallest absolute Gasteiger partial charge is 0.230 e. The molecule has 0 bridgehead atoms. The lowest BCUT2D eigenvalue weighted by molar-refractivity contribution is -0.134. The van der Waals surface area contributed by atoms with Crippen LogP contribution in [0.15, 0.2) is 36.4 Å². The van der Waals surface area contributed by atoms with Gasteiger partial charge in [0.05, 0.1) is 20.1 Å². The van der Waals surface area contributed by atoms with E-state index in [1.54, 1.807) is 26.4 Å². The summed E-state index contributed by atoms with van der Waals surface area (Å²) < 4.78 is 10.6. The first-order chi connectivity index (χ1) is 13.6. The van der Waals surface area contributed by atoms with Gasteiger partial charge in [0.25, 0.3) is 0 Å². The zero-order valence-corrected chi connectivity index (χ0v) is 16.2. The number of benzene rings is 2. The van der Waals surface area contributed by atoms with Crippen LogP contribution >= 0.6 is 0 Å². The Morgan fingerprint density at radius 2 is 1.68 bits per heavy atom. The van der Waals surface area contributed by atoms with Crippen molar-refractivity contribution in [2.75, 3.05) is 32.6 Å². The third-order valence-electron chi connectivity index (χ3n) is 5.62. The summed E-state index contributed by atoms with van der Waals surface area (Å²) in [4.78, 5) is 27.4. The molecule has 1 N–H and O–H groups in total. The number of hydrogen-bond acceptors (Lipinski definition) is 4. The highest BCUT2D eigenvalue weighted by atomic mass is 16.5. The van der Waals surface area contributed by atoms with Gasteiger partial charge in [0, 0.05) is 25.2 Å². The number of amides is 2. The minimum Gasteiger partial charge on any atom is -0.497 e. The molecular weight excluding hydrogens is 356 g/mol. The fourth-order valence-electron chi connectivity index (χ4n) is 4.06. The number of rotatable bonds is 3. The predicted octanol–water partition coefficient (Wildman–Crippen LogP) is 2.76. The van der Waals surface area contributed by atoms with Crippen LogP contribution in [0.3, 0.4) is 0 Å². The molecule has 0 saturated heterocycles. The molecular formula is C22H24N2O4. The van der Waals surface area contributed by atoms with Gasteiger partial charge in [0.15, 0.2) is 0 Å². The molecule has 2 amide bonds. The van der Waals surface area contributed by atoms with Gasteiger partial charge in [0.1, 0.15) is 11.5 Å². The van der Waals surface area contributed by atoms with Crippen LogP contribution in [0, 0.1) is 0 Å². The second kappa shape index (κ2) is 7.54. The fraction of sp³-hybridized carbons (Fsp3) is 0.364. The van der Waals surface area contributed by atoms with E-state index >= 15 is 0 Å². The lowest BCUT2D eigenvalue weighted by Crippen LogP contribution is -2.40. The molecule has 4 rings (SSSR count). The third kappa shape index (κ3) is 3.42. The Morgan fingerprint density at radius 1 is 1.00 bits per heavy atom. The maximum absolute atomic E-state index is 13.4. The highest BCUT2D eigenvalue weighted by molar-refractivity contribution is 6.01. The number of hydrogen-bond donors (Lipinski definition) is 1. The third-order valence-corrected chi connectivity index (χ3v) is 5.62. The van der Waals surface area contributed by atoms with Crippen molar-refractivity contribution >= 4 is 17.5 Å². The first-order valence-corrected chi connectivity index (χ1v) is 9.51. The van der Waals surface area contributed by atoms with Gasteiger partial charge in [-0.3, -0.25) is 9.59 Å². The van der Waals surface area contributed by atoms with Crippen molar-refractivity contribution in [3.8, 4) is 11.5 Å². The zero-order chi connectivity index (χ0) is 19.7. The van der Waals surface area contributed by atoms with Gasteiger partial charge in [-0.2, -0.15) is 0 Å². The van der Waals surface area contributed by atoms with Crippen molar-refractivity contribution in [2.45, 2.75) is 25.2 Å². The lowest BCUT2D eigenvalue weighted by atomic mass is 9.89. The molecule has 0 saturated carbocycles. The number of carbonyl (C=O) groups excluding carboxylic acids is 2. The molecule has 0 radical (unpaired) electrons. The van der Waals surface area contributed by atoms with E-state index in [9.17, 15) is 9.59 Å². The Balaban J connectivity index is 1.58. The number of anilines is 1. The summed E-state index contributed by atoms with van der Waals surface area (Å²) in [6.45, 7) is 1.28. The van der Waals surface area contributed by atoms with Crippen molar-refractivity contribution in [3.63, 3.8) is 0 Å². The molecule has 28 heavy (non-hydrogen) atoms. The van der Waals surface area contributed by atoms with Crippen molar-refractivity contribution in [3.05, 3.63) is 53.1 Å². The summed E-state index contributed by atoms with van der Waals surface area (Å²) in [5.41, 5.74) is 3.99. The Hall–Kier alpha value is -3.02. The molecule has 0 fully saturated rings. The van der Waals surface area contributed by atoms with Crippen LogP contribution in [0.5, 0.6) is 11.5 Å². The Labute approximate surface area is 164 Å². The molecule has 2 aromatic rings. The highest BCUT2D eigenvalue weighted by Crippen LogP contribution is 2.36. The van der Waals surface area contributed by atoms with Crippen molar-refractivity contribution in [1.82, 2.24) is 4.90 Å². The summed E-state index contributed by atoms with van der Waals surface area (Å²) in [6, 6.07) is 11.5. The molecule has 1 atom stereocenters. The number of nitrogens with zero attached hydrogens (tertiary/aromatic N) is 1. The molecule has 2 heterocycles. The largest absolute Gasteiger partial charge is 0.497 e. The van der Waals surface area contributed by atoms with Gasteiger partial charge < -0.3 is 19.7 Å². The minimum absolute atomic E-state index is 0.00382. The first-order valence-electron chi connectivity index (χ1n) is 9.51. The number of methoxy groups -OCH3 is 2. The first kappa shape index (κ1) is 18.3. The van der Waals surface area contributed by atoms with E-state index in [2.05, 4.69) is 17.4 Å². The van der Waals surface area contributed by atoms with Crippen LogP contribution in [-0.4, -0.2) is 44.0 Å². The van der Waals surface area contributed by atoms with E-state index in [1.807, 2.05) is 17.0 Å². The molecule has 1 unspecified atom stereocenters. The zero-order valence-electron chi connectivity index (χ0n) is 16.2. The number of ether oxygens (including phenoxy) is 2. The van der Waals surface area contributed by atoms with E-state index in [0.29, 0.717) is 24.5 Å². The van der Waals surface area contributed by atoms with E-state index in [-0.39, 0.29) is 18.2 Å². The number of fused-ring (bicyclic) bond motifs is 2. The molecule has 6 heteroatoms. The Kier molecular flexibility index (Phi) is 4.94. The van der Waals surface area contributed by atoms with Crippen LogP contribution in [0.2, 0.25) is 0 Å². The topological polar surface area (TPSA) is 67.9 Å². The van der Waals surface area contributed by atoms with Crippen LogP contribution in [0.1, 0.15) is 29.0 Å². The molecule has 6 nitrogen and oxygen atoms in total. The SMILES string of the molecule is COc1ccc2c(c1)CCN(C(=O)C1CC(=O)Nc3ccc(OC)cc31)CC2. The fourth-order valence-corrected chi connectivity index (χ4v) is 4.06. The quantitative estimate of drug-likeness (QED) is 0.889. The Morgan fingerprint density at radius 3 is 2.43 bits per heavy atom. The number of nitrogens with one attached hydrogen (secondary N) is 1. The van der Waals surface area contributed by atoms with Gasteiger partial charge in [-0.15, -0.1) is 0 Å². The molecule has 0 spiro atoms. The summed E-state index contributed by atoms with van der Waals surface area (Å²) in [6.07, 6.45) is 1.74. The lowest BCUT2D eigenvalue weighted by Gasteiger charge is -2.30. The van der Waals surface area contributed by atoms with Gasteiger partial charge in [-0.05, 0) is 59.9 Å². The van der Waals surface area contributed by atoms with Crippen LogP contribution < -0.4 is 14.8 Å². The monoisotopic (exact) mass is 380 g/mol. The highest BCUT2D eigenvalue weighted by Gasteiger charge is 2.34. The maximum atomic E-state index is 13.4. The van der Waals surface area contributed by atoms with Gasteiger partial charge in [0.2, 0.25) is 11.8 Å². The van der Waals surface area contributed by atoms with Crippen molar-refractivity contribution in [1.29, 1.82) is 0 Å². The van der Waals surface area contributed by atoms with E-state index in [0.717, 1.165) is 24.2 Å². The average Bonchev–Trinajstić information content (AvgIpc) is 2.94. The number of carbonyl (C=O) groups is 2. The molecule has 146 valence electrons. The van der Waals surface area contributed by atoms with Crippen LogP contribution in [0.25, 0.3) is 0 Å². The van der Waals surface area contributed by atoms with E-state index in [4.69, 9.17) is 9.47 Å². The minimum atomic E-state index is -0.477. The van der Waals surface area contributed by atoms with Gasteiger partial charge >= 0.3 is 0 Å². The molecule has 2 aliphatic rings. The van der Waals surface area contributed by atoms with Crippen molar-refractivity contribution in [2.24, 2.45) is 0 Å². The van der Waals surface area contributed by atoms with Gasteiger partial charge in [-0.1, -0.05) is 6.07 Å². The normalized spacial score (nSPS) is 18.4. The standard InChI is InChI=1S/C22H24N2O4/c1-27-16-4-3-14-7-9-24(10-8-15(14)11-16)22(26)19-13-21(25)23-20-6-5-17(28-2)12-18(19)20/h3-6,11-12,19H,7-10,13H2,1-2H3,(H,23,25). The summed E-state index contributed by atoms with van der Waals surface area (Å²) >= 11 is 0. The summed E-state index contributed by atoms with van der Waals surface area (Å²) in [5.74, 6) is 0.921. The van der Waals surface area contributed by atoms with Crippen LogP contribution in [0.4, 0.5) is 5.69 Å². The Bertz CT molecular complexity index is 925. The van der Waals surface area contributed by atoms with Crippen LogP contribution in [-0.2, 0) is 22.4 Å². The van der Waals surface area contributed by atoms with Gasteiger partial charge in [-0.25, -0.2) is 0 Å². The molecule has 0 aromatic heterocycles. The summed E-state index contributed by atoms with van der Waals surface area (Å²) in [5, 5.41) is 2.86. The average molecular weight is 380 g/mol.